The quantitative estimate of drug-likeness (QED) is 0.172. The van der Waals surface area contributed by atoms with Crippen LogP contribution in [0.1, 0.15) is 117 Å². The number of methoxy groups -OCH3 is 1. The number of carbonyl (C=O) groups excluding carboxylic acids is 1. The first kappa shape index (κ1) is 26.9. The predicted octanol–water partition coefficient (Wildman–Crippen LogP) is 8.47. The lowest BCUT2D eigenvalue weighted by molar-refractivity contribution is -0.00641. The number of hydrogen-bond donors (Lipinski definition) is 0. The van der Waals surface area contributed by atoms with E-state index in [0.717, 1.165) is 47.7 Å². The molecule has 3 heteroatoms. The Labute approximate surface area is 229 Å². The van der Waals surface area contributed by atoms with E-state index in [1.807, 2.05) is 12.1 Å². The fourth-order valence-electron chi connectivity index (χ4n) is 7.78. The third-order valence-electron chi connectivity index (χ3n) is 9.25. The van der Waals surface area contributed by atoms with E-state index < -0.39 is 0 Å². The smallest absolute Gasteiger partial charge is 0.337 e. The molecule has 0 aliphatic heterocycles. The van der Waals surface area contributed by atoms with Crippen molar-refractivity contribution in [1.29, 1.82) is 0 Å². The SMILES string of the molecule is CCCCCCCCCOc1ccc(C#Cc2ccc(C(=O)OC)cc2)cc1C12CC3CC(CC(C3)C1)C2. The second kappa shape index (κ2) is 12.4. The molecule has 4 aliphatic rings. The summed E-state index contributed by atoms with van der Waals surface area (Å²) in [5, 5.41) is 0. The first-order valence-electron chi connectivity index (χ1n) is 15.1. The molecule has 6 rings (SSSR count). The standard InChI is InChI=1S/C35H44O3/c1-3-4-5-6-7-8-9-18-38-33-17-14-27(11-10-26-12-15-31(16-13-26)34(36)37-2)22-32(33)35-23-28-19-29(24-35)21-30(20-28)25-35/h12-17,22,28-30H,3-9,18-21,23-25H2,1-2H3. The highest BCUT2D eigenvalue weighted by Gasteiger charge is 2.52. The van der Waals surface area contributed by atoms with E-state index in [1.54, 1.807) is 12.1 Å². The van der Waals surface area contributed by atoms with Gasteiger partial charge in [-0.25, -0.2) is 4.79 Å². The number of ether oxygens (including phenoxy) is 2. The second-order valence-corrected chi connectivity index (χ2v) is 12.2. The summed E-state index contributed by atoms with van der Waals surface area (Å²) in [6, 6.07) is 14.0. The lowest BCUT2D eigenvalue weighted by Crippen LogP contribution is -2.48. The van der Waals surface area contributed by atoms with Crippen LogP contribution >= 0.6 is 0 Å². The predicted molar refractivity (Wildman–Crippen MR) is 154 cm³/mol. The minimum atomic E-state index is -0.322. The fraction of sp³-hybridized carbons (Fsp3) is 0.571. The van der Waals surface area contributed by atoms with Gasteiger partial charge in [0.05, 0.1) is 19.3 Å². The number of unbranched alkanes of at least 4 members (excludes halogenated alkanes) is 6. The summed E-state index contributed by atoms with van der Waals surface area (Å²) in [4.78, 5) is 11.7. The molecular weight excluding hydrogens is 468 g/mol. The van der Waals surface area contributed by atoms with Gasteiger partial charge in [-0.3, -0.25) is 0 Å². The second-order valence-electron chi connectivity index (χ2n) is 12.2. The molecule has 0 spiro atoms. The minimum Gasteiger partial charge on any atom is -0.493 e. The molecule has 0 atom stereocenters. The van der Waals surface area contributed by atoms with Gasteiger partial charge < -0.3 is 9.47 Å². The summed E-state index contributed by atoms with van der Waals surface area (Å²) in [6.45, 7) is 3.08. The normalized spacial score (nSPS) is 25.1. The lowest BCUT2D eigenvalue weighted by Gasteiger charge is -2.57. The molecule has 4 fully saturated rings. The number of rotatable bonds is 11. The molecule has 38 heavy (non-hydrogen) atoms. The largest absolute Gasteiger partial charge is 0.493 e. The Morgan fingerprint density at radius 1 is 0.816 bits per heavy atom. The van der Waals surface area contributed by atoms with Gasteiger partial charge in [0.25, 0.3) is 0 Å². The Morgan fingerprint density at radius 2 is 1.39 bits per heavy atom. The van der Waals surface area contributed by atoms with Crippen LogP contribution in [0.2, 0.25) is 0 Å². The summed E-state index contributed by atoms with van der Waals surface area (Å²) in [7, 11) is 1.40. The average Bonchev–Trinajstić information content (AvgIpc) is 2.93. The first-order chi connectivity index (χ1) is 18.6. The van der Waals surface area contributed by atoms with E-state index >= 15 is 0 Å². The summed E-state index contributed by atoms with van der Waals surface area (Å²) in [5.41, 5.74) is 4.19. The molecule has 0 unspecified atom stereocenters. The van der Waals surface area contributed by atoms with E-state index in [4.69, 9.17) is 9.47 Å². The summed E-state index contributed by atoms with van der Waals surface area (Å²) >= 11 is 0. The Hall–Kier alpha value is -2.73. The van der Waals surface area contributed by atoms with Crippen molar-refractivity contribution >= 4 is 5.97 Å². The highest BCUT2D eigenvalue weighted by Crippen LogP contribution is 2.62. The van der Waals surface area contributed by atoms with Crippen molar-refractivity contribution in [3.63, 3.8) is 0 Å². The minimum absolute atomic E-state index is 0.268. The maximum Gasteiger partial charge on any atom is 0.337 e. The van der Waals surface area contributed by atoms with Crippen molar-refractivity contribution in [2.45, 2.75) is 95.8 Å². The van der Waals surface area contributed by atoms with Gasteiger partial charge in [0.15, 0.2) is 0 Å². The maximum absolute atomic E-state index is 11.7. The molecule has 0 N–H and O–H groups in total. The number of esters is 1. The molecule has 202 valence electrons. The van der Waals surface area contributed by atoms with Crippen molar-refractivity contribution in [2.24, 2.45) is 17.8 Å². The number of benzene rings is 2. The molecule has 4 saturated carbocycles. The zero-order chi connectivity index (χ0) is 26.4. The van der Waals surface area contributed by atoms with Gasteiger partial charge in [0.2, 0.25) is 0 Å². The van der Waals surface area contributed by atoms with Gasteiger partial charge in [0.1, 0.15) is 5.75 Å². The van der Waals surface area contributed by atoms with Crippen LogP contribution in [0.25, 0.3) is 0 Å². The fourth-order valence-corrected chi connectivity index (χ4v) is 7.78. The van der Waals surface area contributed by atoms with Crippen molar-refractivity contribution in [1.82, 2.24) is 0 Å². The Morgan fingerprint density at radius 3 is 2.03 bits per heavy atom. The van der Waals surface area contributed by atoms with Gasteiger partial charge in [-0.15, -0.1) is 0 Å². The zero-order valence-electron chi connectivity index (χ0n) is 23.4. The van der Waals surface area contributed by atoms with Crippen molar-refractivity contribution in [3.05, 3.63) is 64.7 Å². The van der Waals surface area contributed by atoms with Gasteiger partial charge >= 0.3 is 5.97 Å². The van der Waals surface area contributed by atoms with E-state index in [9.17, 15) is 4.79 Å². The summed E-state index contributed by atoms with van der Waals surface area (Å²) in [6.07, 6.45) is 17.4. The van der Waals surface area contributed by atoms with Crippen molar-refractivity contribution in [3.8, 4) is 17.6 Å². The topological polar surface area (TPSA) is 35.5 Å². The van der Waals surface area contributed by atoms with Crippen molar-refractivity contribution < 1.29 is 14.3 Å². The summed E-state index contributed by atoms with van der Waals surface area (Å²) in [5.74, 6) is 10.2. The molecule has 4 bridgehead atoms. The highest BCUT2D eigenvalue weighted by atomic mass is 16.5. The third-order valence-corrected chi connectivity index (χ3v) is 9.25. The van der Waals surface area contributed by atoms with E-state index in [-0.39, 0.29) is 11.4 Å². The Balaban J connectivity index is 1.32. The highest BCUT2D eigenvalue weighted by molar-refractivity contribution is 5.89. The molecule has 4 aliphatic carbocycles. The van der Waals surface area contributed by atoms with Crippen LogP contribution in [-0.2, 0) is 10.2 Å². The molecule has 2 aromatic carbocycles. The number of hydrogen-bond acceptors (Lipinski definition) is 3. The molecule has 2 aromatic rings. The molecule has 0 aromatic heterocycles. The molecule has 0 amide bonds. The van der Waals surface area contributed by atoms with Crippen LogP contribution < -0.4 is 4.74 Å². The maximum atomic E-state index is 11.7. The lowest BCUT2D eigenvalue weighted by atomic mass is 9.48. The molecule has 0 saturated heterocycles. The molecule has 0 radical (unpaired) electrons. The Bertz CT molecular complexity index is 1110. The van der Waals surface area contributed by atoms with Crippen LogP contribution in [-0.4, -0.2) is 19.7 Å². The Kier molecular flexibility index (Phi) is 8.78. The van der Waals surface area contributed by atoms with Gasteiger partial charge in [0, 0.05) is 16.7 Å². The van der Waals surface area contributed by atoms with Crippen LogP contribution in [0.15, 0.2) is 42.5 Å². The van der Waals surface area contributed by atoms with Crippen LogP contribution in [0, 0.1) is 29.6 Å². The van der Waals surface area contributed by atoms with Crippen LogP contribution in [0.4, 0.5) is 0 Å². The van der Waals surface area contributed by atoms with E-state index in [2.05, 4.69) is 37.0 Å². The first-order valence-corrected chi connectivity index (χ1v) is 15.1. The number of carbonyl (C=O) groups is 1. The van der Waals surface area contributed by atoms with Gasteiger partial charge in [-0.1, -0.05) is 57.3 Å². The zero-order valence-corrected chi connectivity index (χ0v) is 23.4. The van der Waals surface area contributed by atoms with Gasteiger partial charge in [-0.05, 0) is 111 Å². The van der Waals surface area contributed by atoms with E-state index in [0.29, 0.717) is 5.56 Å². The monoisotopic (exact) mass is 512 g/mol. The van der Waals surface area contributed by atoms with Gasteiger partial charge in [-0.2, -0.15) is 0 Å². The van der Waals surface area contributed by atoms with Crippen LogP contribution in [0.5, 0.6) is 5.75 Å². The van der Waals surface area contributed by atoms with Crippen molar-refractivity contribution in [2.75, 3.05) is 13.7 Å². The molecule has 0 heterocycles. The average molecular weight is 513 g/mol. The third kappa shape index (κ3) is 6.28. The summed E-state index contributed by atoms with van der Waals surface area (Å²) < 4.78 is 11.3. The molecule has 3 nitrogen and oxygen atoms in total. The molecular formula is C35H44O3. The van der Waals surface area contributed by atoms with E-state index in [1.165, 1.54) is 89.7 Å². The van der Waals surface area contributed by atoms with Crippen LogP contribution in [0.3, 0.4) is 0 Å².